The van der Waals surface area contributed by atoms with Crippen LogP contribution >= 0.6 is 17.0 Å². The third-order valence-corrected chi connectivity index (χ3v) is 5.87. The molecule has 0 saturated carbocycles. The summed E-state index contributed by atoms with van der Waals surface area (Å²) in [6.45, 7) is 17.9. The van der Waals surface area contributed by atoms with Crippen molar-refractivity contribution >= 4 is 40.0 Å². The molecule has 0 aromatic carbocycles. The topological polar surface area (TPSA) is 9.23 Å². The fourth-order valence-corrected chi connectivity index (χ4v) is 3.71. The molecule has 3 heteroatoms. The van der Waals surface area contributed by atoms with Crippen LogP contribution in [-0.2, 0) is 4.74 Å². The number of ether oxygens (including phenoxy) is 1. The molecule has 0 aliphatic rings. The maximum absolute atomic E-state index is 4.83. The Morgan fingerprint density at radius 3 is 0.735 bits per heavy atom. The van der Waals surface area contributed by atoms with Gasteiger partial charge in [-0.2, -0.15) is 12.8 Å². The SMILES string of the molecule is Br.CCOCC.[CH2-]CCCCCCCCC.[CH2-]CCCCCCCCCCCCCCCC.[Mg+2]. The second-order valence-corrected chi connectivity index (χ2v) is 9.21. The predicted molar refractivity (Wildman–Crippen MR) is 166 cm³/mol. The Hall–Kier alpha value is 1.21. The van der Waals surface area contributed by atoms with Crippen LogP contribution in [0.5, 0.6) is 0 Å². The standard InChI is InChI=1S/C17H35.C10H21.C4H10O.BrH.Mg/c1-3-5-7-9-11-13-15-17-16-14-12-10-8-6-4-2;1-3-5-7-9-10-8-6-4-2;1-3-5-4-2;;/h1,3-17H2,2H3;1,3-10H2,2H3;3-4H2,1-2H3;1H;/q2*-1;;;+2. The van der Waals surface area contributed by atoms with Crippen molar-refractivity contribution in [1.82, 2.24) is 0 Å². The minimum atomic E-state index is 0. The van der Waals surface area contributed by atoms with E-state index in [4.69, 9.17) is 4.74 Å². The van der Waals surface area contributed by atoms with E-state index in [1.807, 2.05) is 13.8 Å². The van der Waals surface area contributed by atoms with Gasteiger partial charge in [-0.3, -0.25) is 0 Å². The van der Waals surface area contributed by atoms with Crippen molar-refractivity contribution in [3.05, 3.63) is 13.8 Å². The molecule has 0 rings (SSSR count). The molecule has 0 saturated heterocycles. The zero-order chi connectivity index (χ0) is 24.4. The van der Waals surface area contributed by atoms with Crippen LogP contribution in [0.2, 0.25) is 0 Å². The first-order valence-electron chi connectivity index (χ1n) is 14.9. The Labute approximate surface area is 246 Å². The Morgan fingerprint density at radius 2 is 0.588 bits per heavy atom. The van der Waals surface area contributed by atoms with Crippen molar-refractivity contribution in [2.75, 3.05) is 13.2 Å². The van der Waals surface area contributed by atoms with Gasteiger partial charge in [0.05, 0.1) is 0 Å². The summed E-state index contributed by atoms with van der Waals surface area (Å²) in [6, 6.07) is 0. The van der Waals surface area contributed by atoms with Gasteiger partial charge in [0.2, 0.25) is 0 Å². The van der Waals surface area contributed by atoms with Crippen LogP contribution in [0.4, 0.5) is 0 Å². The Bertz CT molecular complexity index is 240. The Kier molecular flexibility index (Phi) is 67.7. The van der Waals surface area contributed by atoms with Crippen molar-refractivity contribution in [1.29, 1.82) is 0 Å². The van der Waals surface area contributed by atoms with E-state index in [9.17, 15) is 0 Å². The van der Waals surface area contributed by atoms with Gasteiger partial charge in [0.15, 0.2) is 0 Å². The van der Waals surface area contributed by atoms with Gasteiger partial charge in [0, 0.05) is 13.2 Å². The van der Waals surface area contributed by atoms with Gasteiger partial charge in [-0.05, 0) is 13.8 Å². The van der Waals surface area contributed by atoms with Crippen molar-refractivity contribution in [2.45, 2.75) is 175 Å². The third-order valence-electron chi connectivity index (χ3n) is 5.87. The van der Waals surface area contributed by atoms with Crippen molar-refractivity contribution < 1.29 is 4.74 Å². The third kappa shape index (κ3) is 58.8. The quantitative estimate of drug-likeness (QED) is 0.0687. The van der Waals surface area contributed by atoms with Crippen molar-refractivity contribution in [3.63, 3.8) is 0 Å². The molecule has 0 spiro atoms. The van der Waals surface area contributed by atoms with E-state index in [2.05, 4.69) is 27.7 Å². The average molecular weight is 560 g/mol. The maximum atomic E-state index is 4.83. The number of rotatable bonds is 23. The monoisotopic (exact) mass is 558 g/mol. The van der Waals surface area contributed by atoms with E-state index in [1.165, 1.54) is 135 Å². The summed E-state index contributed by atoms with van der Waals surface area (Å²) >= 11 is 0. The summed E-state index contributed by atoms with van der Waals surface area (Å²) in [5, 5.41) is 0. The molecule has 0 atom stereocenters. The molecule has 0 amide bonds. The summed E-state index contributed by atoms with van der Waals surface area (Å²) in [4.78, 5) is 0. The van der Waals surface area contributed by atoms with Crippen LogP contribution in [0, 0.1) is 13.8 Å². The van der Waals surface area contributed by atoms with Crippen molar-refractivity contribution in [3.8, 4) is 0 Å². The van der Waals surface area contributed by atoms with E-state index in [0.29, 0.717) is 0 Å². The van der Waals surface area contributed by atoms with Gasteiger partial charge in [-0.25, -0.2) is 0 Å². The second-order valence-electron chi connectivity index (χ2n) is 9.21. The minimum absolute atomic E-state index is 0. The molecule has 0 heterocycles. The van der Waals surface area contributed by atoms with E-state index >= 15 is 0 Å². The van der Waals surface area contributed by atoms with Crippen LogP contribution in [-0.4, -0.2) is 36.3 Å². The first-order chi connectivity index (χ1) is 15.7. The van der Waals surface area contributed by atoms with E-state index in [0.717, 1.165) is 26.1 Å². The molecule has 1 nitrogen and oxygen atoms in total. The molecule has 0 bridgehead atoms. The normalized spacial score (nSPS) is 9.71. The van der Waals surface area contributed by atoms with Gasteiger partial charge in [0.1, 0.15) is 0 Å². The Balaban J connectivity index is -0.000000141. The molecule has 0 fully saturated rings. The molecule has 34 heavy (non-hydrogen) atoms. The molecule has 0 aromatic heterocycles. The minimum Gasteiger partial charge on any atom is -0.382 e. The van der Waals surface area contributed by atoms with Crippen LogP contribution in [0.25, 0.3) is 0 Å². The van der Waals surface area contributed by atoms with Crippen LogP contribution in [0.3, 0.4) is 0 Å². The number of hydrogen-bond donors (Lipinski definition) is 0. The molecule has 0 aliphatic carbocycles. The van der Waals surface area contributed by atoms with Crippen LogP contribution < -0.4 is 0 Å². The molecule has 0 N–H and O–H groups in total. The molecule has 0 unspecified atom stereocenters. The summed E-state index contributed by atoms with van der Waals surface area (Å²) in [5.41, 5.74) is 0. The van der Waals surface area contributed by atoms with Crippen LogP contribution in [0.15, 0.2) is 0 Å². The van der Waals surface area contributed by atoms with Gasteiger partial charge in [-0.1, -0.05) is 149 Å². The first kappa shape index (κ1) is 45.1. The van der Waals surface area contributed by atoms with Crippen molar-refractivity contribution in [2.24, 2.45) is 0 Å². The fourth-order valence-electron chi connectivity index (χ4n) is 3.71. The zero-order valence-corrected chi connectivity index (χ0v) is 27.7. The predicted octanol–water partition coefficient (Wildman–Crippen LogP) is 11.9. The summed E-state index contributed by atoms with van der Waals surface area (Å²) in [7, 11) is 0. The van der Waals surface area contributed by atoms with Gasteiger partial charge in [-0.15, -0.1) is 17.0 Å². The number of unbranched alkanes of at least 4 members (excludes halogenated alkanes) is 21. The Morgan fingerprint density at radius 1 is 0.382 bits per heavy atom. The van der Waals surface area contributed by atoms with Gasteiger partial charge in [0.25, 0.3) is 0 Å². The molecular weight excluding hydrogens is 493 g/mol. The fraction of sp³-hybridized carbons (Fsp3) is 0.935. The molecule has 0 radical (unpaired) electrons. The molecule has 0 aromatic rings. The smallest absolute Gasteiger partial charge is 0.382 e. The first-order valence-corrected chi connectivity index (χ1v) is 14.9. The molecule has 206 valence electrons. The van der Waals surface area contributed by atoms with Gasteiger partial charge < -0.3 is 18.6 Å². The van der Waals surface area contributed by atoms with E-state index in [-0.39, 0.29) is 40.0 Å². The average Bonchev–Trinajstić information content (AvgIpc) is 2.81. The van der Waals surface area contributed by atoms with E-state index in [1.54, 1.807) is 0 Å². The van der Waals surface area contributed by atoms with E-state index < -0.39 is 0 Å². The maximum Gasteiger partial charge on any atom is 2.00 e. The molecule has 0 aliphatic heterocycles. The largest absolute Gasteiger partial charge is 2.00 e. The number of halogens is 1. The zero-order valence-electron chi connectivity index (χ0n) is 24.6. The van der Waals surface area contributed by atoms with Crippen LogP contribution in [0.1, 0.15) is 175 Å². The summed E-state index contributed by atoms with van der Waals surface area (Å²) < 4.78 is 4.83. The summed E-state index contributed by atoms with van der Waals surface area (Å²) in [5.74, 6) is 0. The molecular formula is C31H67BrMgO. The van der Waals surface area contributed by atoms with Gasteiger partial charge >= 0.3 is 23.1 Å². The number of hydrogen-bond acceptors (Lipinski definition) is 1. The second kappa shape index (κ2) is 51.0. The summed E-state index contributed by atoms with van der Waals surface area (Å²) in [6.07, 6.45) is 32.3.